The average molecular weight is 295 g/mol. The fraction of sp³-hybridized carbons (Fsp3) is 0.533. The highest BCUT2D eigenvalue weighted by Gasteiger charge is 2.03. The van der Waals surface area contributed by atoms with Crippen LogP contribution in [0.4, 0.5) is 5.69 Å². The lowest BCUT2D eigenvalue weighted by atomic mass is 10.3. The monoisotopic (exact) mass is 295 g/mol. The second-order valence-electron chi connectivity index (χ2n) is 4.90. The van der Waals surface area contributed by atoms with Gasteiger partial charge in [0.15, 0.2) is 0 Å². The van der Waals surface area contributed by atoms with E-state index in [-0.39, 0.29) is 12.5 Å². The van der Waals surface area contributed by atoms with Gasteiger partial charge in [-0.15, -0.1) is 0 Å². The van der Waals surface area contributed by atoms with Crippen molar-refractivity contribution in [3.05, 3.63) is 24.3 Å². The number of nitrogens with one attached hydrogen (secondary N) is 2. The van der Waals surface area contributed by atoms with Gasteiger partial charge in [-0.1, -0.05) is 6.07 Å². The van der Waals surface area contributed by atoms with Crippen LogP contribution in [0.5, 0.6) is 5.75 Å². The lowest BCUT2D eigenvalue weighted by molar-refractivity contribution is -0.115. The number of anilines is 1. The van der Waals surface area contributed by atoms with E-state index in [0.717, 1.165) is 18.0 Å². The maximum absolute atomic E-state index is 11.7. The van der Waals surface area contributed by atoms with E-state index < -0.39 is 0 Å². The van der Waals surface area contributed by atoms with Crippen LogP contribution in [0.1, 0.15) is 0 Å². The molecule has 0 spiro atoms. The summed E-state index contributed by atoms with van der Waals surface area (Å²) in [6.07, 6.45) is 0. The molecular weight excluding hydrogens is 270 g/mol. The standard InChI is InChI=1S/C15H25N3O3/c1-18(2)8-10-21-14-6-4-5-13(11-14)17-15(19)12-16-7-9-20-3/h4-6,11,16H,7-10,12H2,1-3H3,(H,17,19). The van der Waals surface area contributed by atoms with E-state index in [9.17, 15) is 4.79 Å². The maximum Gasteiger partial charge on any atom is 0.238 e. The predicted octanol–water partition coefficient (Wildman–Crippen LogP) is 0.801. The highest BCUT2D eigenvalue weighted by Crippen LogP contribution is 2.17. The summed E-state index contributed by atoms with van der Waals surface area (Å²) in [6, 6.07) is 7.40. The Labute approximate surface area is 126 Å². The van der Waals surface area contributed by atoms with Gasteiger partial charge in [0.05, 0.1) is 13.2 Å². The number of benzene rings is 1. The zero-order valence-electron chi connectivity index (χ0n) is 13.0. The van der Waals surface area contributed by atoms with Crippen LogP contribution in [0.2, 0.25) is 0 Å². The van der Waals surface area contributed by atoms with E-state index in [4.69, 9.17) is 9.47 Å². The minimum Gasteiger partial charge on any atom is -0.492 e. The van der Waals surface area contributed by atoms with Crippen molar-refractivity contribution < 1.29 is 14.3 Å². The van der Waals surface area contributed by atoms with E-state index >= 15 is 0 Å². The van der Waals surface area contributed by atoms with Crippen molar-refractivity contribution in [2.75, 3.05) is 59.4 Å². The highest BCUT2D eigenvalue weighted by molar-refractivity contribution is 5.92. The largest absolute Gasteiger partial charge is 0.492 e. The zero-order chi connectivity index (χ0) is 15.5. The van der Waals surface area contributed by atoms with Gasteiger partial charge in [0.2, 0.25) is 5.91 Å². The lowest BCUT2D eigenvalue weighted by Crippen LogP contribution is -2.30. The molecule has 1 aromatic carbocycles. The molecule has 0 saturated heterocycles. The summed E-state index contributed by atoms with van der Waals surface area (Å²) in [5, 5.41) is 5.82. The SMILES string of the molecule is COCCNCC(=O)Nc1cccc(OCCN(C)C)c1. The molecule has 0 heterocycles. The van der Waals surface area contributed by atoms with Crippen LogP contribution in [0, 0.1) is 0 Å². The van der Waals surface area contributed by atoms with Crippen LogP contribution < -0.4 is 15.4 Å². The number of carbonyl (C=O) groups excluding carboxylic acids is 1. The summed E-state index contributed by atoms with van der Waals surface area (Å²) < 4.78 is 10.5. The van der Waals surface area contributed by atoms with Crippen molar-refractivity contribution in [1.82, 2.24) is 10.2 Å². The number of methoxy groups -OCH3 is 1. The van der Waals surface area contributed by atoms with E-state index in [1.807, 2.05) is 38.4 Å². The molecule has 118 valence electrons. The van der Waals surface area contributed by atoms with Gasteiger partial charge >= 0.3 is 0 Å². The number of nitrogens with zero attached hydrogens (tertiary/aromatic N) is 1. The normalized spacial score (nSPS) is 10.7. The number of likely N-dealkylation sites (N-methyl/N-ethyl adjacent to an activating group) is 1. The molecule has 0 radical (unpaired) electrons. The van der Waals surface area contributed by atoms with Crippen molar-refractivity contribution in [2.24, 2.45) is 0 Å². The van der Waals surface area contributed by atoms with Gasteiger partial charge in [0.25, 0.3) is 0 Å². The fourth-order valence-corrected chi connectivity index (χ4v) is 1.59. The van der Waals surface area contributed by atoms with Gasteiger partial charge in [0.1, 0.15) is 12.4 Å². The molecule has 0 aromatic heterocycles. The Morgan fingerprint density at radius 2 is 2.10 bits per heavy atom. The molecule has 21 heavy (non-hydrogen) atoms. The molecule has 0 aliphatic rings. The van der Waals surface area contributed by atoms with Gasteiger partial charge in [-0.2, -0.15) is 0 Å². The van der Waals surface area contributed by atoms with E-state index in [2.05, 4.69) is 15.5 Å². The lowest BCUT2D eigenvalue weighted by Gasteiger charge is -2.12. The van der Waals surface area contributed by atoms with Crippen molar-refractivity contribution in [3.8, 4) is 5.75 Å². The topological polar surface area (TPSA) is 62.8 Å². The number of amides is 1. The molecular formula is C15H25N3O3. The Kier molecular flexibility index (Phi) is 8.42. The second kappa shape index (κ2) is 10.1. The molecule has 6 nitrogen and oxygen atoms in total. The Morgan fingerprint density at radius 3 is 2.81 bits per heavy atom. The quantitative estimate of drug-likeness (QED) is 0.625. The molecule has 1 rings (SSSR count). The summed E-state index contributed by atoms with van der Waals surface area (Å²) in [4.78, 5) is 13.8. The van der Waals surface area contributed by atoms with Crippen LogP contribution in [-0.4, -0.2) is 64.9 Å². The fourth-order valence-electron chi connectivity index (χ4n) is 1.59. The summed E-state index contributed by atoms with van der Waals surface area (Å²) in [5.74, 6) is 0.665. The summed E-state index contributed by atoms with van der Waals surface area (Å²) in [7, 11) is 5.62. The molecule has 0 bridgehead atoms. The van der Waals surface area contributed by atoms with Crippen LogP contribution in [0.3, 0.4) is 0 Å². The first-order valence-electron chi connectivity index (χ1n) is 6.99. The minimum absolute atomic E-state index is 0.0865. The number of carbonyl (C=O) groups is 1. The molecule has 0 unspecified atom stereocenters. The third-order valence-corrected chi connectivity index (χ3v) is 2.69. The summed E-state index contributed by atoms with van der Waals surface area (Å²) >= 11 is 0. The van der Waals surface area contributed by atoms with Gasteiger partial charge in [-0.25, -0.2) is 0 Å². The number of rotatable bonds is 10. The molecule has 1 aromatic rings. The van der Waals surface area contributed by atoms with Crippen LogP contribution in [-0.2, 0) is 9.53 Å². The highest BCUT2D eigenvalue weighted by atomic mass is 16.5. The zero-order valence-corrected chi connectivity index (χ0v) is 13.0. The first-order valence-corrected chi connectivity index (χ1v) is 6.99. The molecule has 2 N–H and O–H groups in total. The van der Waals surface area contributed by atoms with Gasteiger partial charge in [-0.3, -0.25) is 4.79 Å². The molecule has 0 aliphatic carbocycles. The Hall–Kier alpha value is -1.63. The van der Waals surface area contributed by atoms with Crippen molar-refractivity contribution in [1.29, 1.82) is 0 Å². The molecule has 0 fully saturated rings. The number of hydrogen-bond acceptors (Lipinski definition) is 5. The summed E-state index contributed by atoms with van der Waals surface area (Å²) in [5.41, 5.74) is 0.732. The Balaban J connectivity index is 2.35. The van der Waals surface area contributed by atoms with Gasteiger partial charge < -0.3 is 25.0 Å². The average Bonchev–Trinajstić information content (AvgIpc) is 2.44. The first-order chi connectivity index (χ1) is 10.1. The molecule has 1 amide bonds. The molecule has 6 heteroatoms. The third-order valence-electron chi connectivity index (χ3n) is 2.69. The van der Waals surface area contributed by atoms with Gasteiger partial charge in [0, 0.05) is 32.0 Å². The van der Waals surface area contributed by atoms with Crippen molar-refractivity contribution >= 4 is 11.6 Å². The molecule has 0 saturated carbocycles. The minimum atomic E-state index is -0.0865. The van der Waals surface area contributed by atoms with Crippen LogP contribution in [0.15, 0.2) is 24.3 Å². The van der Waals surface area contributed by atoms with Gasteiger partial charge in [-0.05, 0) is 26.2 Å². The smallest absolute Gasteiger partial charge is 0.238 e. The van der Waals surface area contributed by atoms with E-state index in [1.54, 1.807) is 7.11 Å². The van der Waals surface area contributed by atoms with Crippen LogP contribution >= 0.6 is 0 Å². The molecule has 0 aliphatic heterocycles. The third kappa shape index (κ3) is 8.29. The van der Waals surface area contributed by atoms with Crippen molar-refractivity contribution in [2.45, 2.75) is 0 Å². The number of ether oxygens (including phenoxy) is 2. The Morgan fingerprint density at radius 1 is 1.29 bits per heavy atom. The van der Waals surface area contributed by atoms with Crippen molar-refractivity contribution in [3.63, 3.8) is 0 Å². The number of hydrogen-bond donors (Lipinski definition) is 2. The van der Waals surface area contributed by atoms with E-state index in [1.165, 1.54) is 0 Å². The maximum atomic E-state index is 11.7. The second-order valence-corrected chi connectivity index (χ2v) is 4.90. The Bertz CT molecular complexity index is 424. The van der Waals surface area contributed by atoms with Crippen LogP contribution in [0.25, 0.3) is 0 Å². The predicted molar refractivity (Wildman–Crippen MR) is 83.9 cm³/mol. The summed E-state index contributed by atoms with van der Waals surface area (Å²) in [6.45, 7) is 2.96. The molecule has 0 atom stereocenters. The van der Waals surface area contributed by atoms with E-state index in [0.29, 0.717) is 19.8 Å². The first kappa shape index (κ1) is 17.4.